The van der Waals surface area contributed by atoms with Crippen molar-refractivity contribution in [2.24, 2.45) is 16.8 Å². The summed E-state index contributed by atoms with van der Waals surface area (Å²) in [6, 6.07) is 1.85. The van der Waals surface area contributed by atoms with Crippen LogP contribution in [0.2, 0.25) is 0 Å². The van der Waals surface area contributed by atoms with Gasteiger partial charge in [0.1, 0.15) is 0 Å². The molecule has 7 heteroatoms. The first-order valence-corrected chi connectivity index (χ1v) is 13.8. The van der Waals surface area contributed by atoms with Crippen molar-refractivity contribution in [1.82, 2.24) is 5.06 Å². The maximum Gasteiger partial charge on any atom is 0.288 e. The first-order chi connectivity index (χ1) is 17.4. The van der Waals surface area contributed by atoms with Crippen LogP contribution in [0.1, 0.15) is 88.8 Å². The quantitative estimate of drug-likeness (QED) is 0.182. The predicted molar refractivity (Wildman–Crippen MR) is 138 cm³/mol. The van der Waals surface area contributed by atoms with E-state index in [0.717, 1.165) is 62.2 Å². The molecule has 36 heavy (non-hydrogen) atoms. The lowest BCUT2D eigenvalue weighted by atomic mass is 9.79. The summed E-state index contributed by atoms with van der Waals surface area (Å²) in [5.74, 6) is -1.29. The zero-order valence-electron chi connectivity index (χ0n) is 22.2. The fourth-order valence-corrected chi connectivity index (χ4v) is 5.01. The van der Waals surface area contributed by atoms with Gasteiger partial charge in [-0.25, -0.2) is 18.8 Å². The van der Waals surface area contributed by atoms with E-state index >= 15 is 4.39 Å². The highest BCUT2D eigenvalue weighted by Gasteiger charge is 2.30. The van der Waals surface area contributed by atoms with Crippen molar-refractivity contribution in [2.45, 2.75) is 97.8 Å². The largest absolute Gasteiger partial charge is 0.381 e. The van der Waals surface area contributed by atoms with Gasteiger partial charge in [0, 0.05) is 31.0 Å². The van der Waals surface area contributed by atoms with Gasteiger partial charge < -0.3 is 4.74 Å². The third kappa shape index (κ3) is 8.07. The van der Waals surface area contributed by atoms with Crippen LogP contribution in [0.5, 0.6) is 0 Å². The number of alkyl halides is 1. The highest BCUT2D eigenvalue weighted by atomic mass is 19.2. The van der Waals surface area contributed by atoms with Crippen molar-refractivity contribution in [1.29, 1.82) is 0 Å². The molecule has 1 aromatic rings. The minimum atomic E-state index is -1.65. The van der Waals surface area contributed by atoms with Crippen LogP contribution in [0.3, 0.4) is 0 Å². The predicted octanol–water partition coefficient (Wildman–Crippen LogP) is 7.49. The van der Waals surface area contributed by atoms with Gasteiger partial charge in [-0.2, -0.15) is 4.39 Å². The molecule has 0 saturated carbocycles. The number of benzene rings is 1. The second-order valence-corrected chi connectivity index (χ2v) is 10.2. The fourth-order valence-electron chi connectivity index (χ4n) is 5.01. The lowest BCUT2D eigenvalue weighted by molar-refractivity contribution is -0.182. The normalized spacial score (nSPS) is 20.4. The molecule has 0 fully saturated rings. The molecule has 1 aliphatic carbocycles. The molecule has 202 valence electrons. The Morgan fingerprint density at radius 3 is 2.58 bits per heavy atom. The number of aryl methyl sites for hydroxylation is 1. The Labute approximate surface area is 214 Å². The molecule has 0 radical (unpaired) electrons. The van der Waals surface area contributed by atoms with Gasteiger partial charge >= 0.3 is 0 Å². The Morgan fingerprint density at radius 1 is 1.06 bits per heavy atom. The Morgan fingerprint density at radius 2 is 1.83 bits per heavy atom. The Kier molecular flexibility index (Phi) is 11.8. The topological polar surface area (TPSA) is 34.1 Å². The molecule has 3 rings (SSSR count). The SMILES string of the molecule is CCCCCOCCCON1C=CC(C2CCc3cc(CC(C)CCCC)c(F)c(F)c3C2)=NC1F. The van der Waals surface area contributed by atoms with Gasteiger partial charge in [0.2, 0.25) is 0 Å². The van der Waals surface area contributed by atoms with Crippen molar-refractivity contribution >= 4 is 5.71 Å². The minimum absolute atomic E-state index is 0.145. The lowest BCUT2D eigenvalue weighted by Crippen LogP contribution is -2.33. The van der Waals surface area contributed by atoms with Crippen molar-refractivity contribution < 1.29 is 22.7 Å². The monoisotopic (exact) mass is 508 g/mol. The number of unbranched alkanes of at least 4 members (excludes halogenated alkanes) is 3. The summed E-state index contributed by atoms with van der Waals surface area (Å²) in [7, 11) is 0. The number of halogens is 3. The molecule has 4 nitrogen and oxygen atoms in total. The van der Waals surface area contributed by atoms with E-state index in [1.54, 1.807) is 12.3 Å². The van der Waals surface area contributed by atoms with E-state index in [1.807, 2.05) is 6.07 Å². The standard InChI is InChI=1S/C29H43F3N2O2/c1-4-6-8-15-35-16-9-17-36-34-14-13-26(33-29(34)32)23-12-11-22-19-24(18-21(3)10-7-5-2)27(30)28(31)25(22)20-23/h13-14,19,21,23,29H,4-12,15-18,20H2,1-3H3. The van der Waals surface area contributed by atoms with Gasteiger partial charge in [0.15, 0.2) is 11.6 Å². The number of allylic oxidation sites excluding steroid dienone is 1. The molecular weight excluding hydrogens is 465 g/mol. The Balaban J connectivity index is 1.52. The summed E-state index contributed by atoms with van der Waals surface area (Å²) in [4.78, 5) is 9.66. The van der Waals surface area contributed by atoms with Crippen LogP contribution < -0.4 is 0 Å². The van der Waals surface area contributed by atoms with E-state index in [9.17, 15) is 8.78 Å². The average molecular weight is 509 g/mol. The molecule has 0 aromatic heterocycles. The van der Waals surface area contributed by atoms with Gasteiger partial charge in [-0.3, -0.25) is 4.84 Å². The number of hydrogen-bond donors (Lipinski definition) is 0. The third-order valence-corrected chi connectivity index (χ3v) is 7.15. The molecule has 1 aliphatic heterocycles. The lowest BCUT2D eigenvalue weighted by Gasteiger charge is -2.30. The zero-order chi connectivity index (χ0) is 25.9. The number of fused-ring (bicyclic) bond motifs is 1. The number of hydroxylamine groups is 2. The maximum absolute atomic E-state index is 15.1. The molecule has 0 N–H and O–H groups in total. The summed E-state index contributed by atoms with van der Waals surface area (Å²) in [6.45, 7) is 8.04. The number of rotatable bonds is 15. The van der Waals surface area contributed by atoms with E-state index in [4.69, 9.17) is 9.57 Å². The molecule has 0 bridgehead atoms. The highest BCUT2D eigenvalue weighted by Crippen LogP contribution is 2.33. The van der Waals surface area contributed by atoms with E-state index < -0.39 is 18.1 Å². The molecule has 1 aromatic carbocycles. The van der Waals surface area contributed by atoms with Crippen LogP contribution in [0.4, 0.5) is 13.2 Å². The molecule has 2 aliphatic rings. The summed E-state index contributed by atoms with van der Waals surface area (Å²) in [5, 5.41) is 1.10. The molecule has 0 amide bonds. The summed E-state index contributed by atoms with van der Waals surface area (Å²) < 4.78 is 50.2. The van der Waals surface area contributed by atoms with Crippen molar-refractivity contribution in [2.75, 3.05) is 19.8 Å². The molecule has 0 spiro atoms. The second kappa shape index (κ2) is 14.8. The van der Waals surface area contributed by atoms with Crippen LogP contribution in [-0.4, -0.2) is 37.0 Å². The first kappa shape index (κ1) is 28.7. The molecular formula is C29H43F3N2O2. The summed E-state index contributed by atoms with van der Waals surface area (Å²) in [6.07, 6.45) is 11.1. The highest BCUT2D eigenvalue weighted by molar-refractivity contribution is 5.97. The van der Waals surface area contributed by atoms with Gasteiger partial charge in [0.25, 0.3) is 6.42 Å². The average Bonchev–Trinajstić information content (AvgIpc) is 2.88. The molecule has 0 saturated heterocycles. The second-order valence-electron chi connectivity index (χ2n) is 10.2. The number of aliphatic imine (C=N–C) groups is 1. The molecule has 3 atom stereocenters. The Bertz CT molecular complexity index is 890. The van der Waals surface area contributed by atoms with Gasteiger partial charge in [-0.1, -0.05) is 58.9 Å². The summed E-state index contributed by atoms with van der Waals surface area (Å²) in [5.41, 5.74) is 2.34. The summed E-state index contributed by atoms with van der Waals surface area (Å²) >= 11 is 0. The van der Waals surface area contributed by atoms with Crippen LogP contribution >= 0.6 is 0 Å². The minimum Gasteiger partial charge on any atom is -0.381 e. The zero-order valence-corrected chi connectivity index (χ0v) is 22.2. The first-order valence-electron chi connectivity index (χ1n) is 13.8. The van der Waals surface area contributed by atoms with Gasteiger partial charge in [0.05, 0.1) is 6.61 Å². The van der Waals surface area contributed by atoms with E-state index in [1.165, 1.54) is 0 Å². The smallest absolute Gasteiger partial charge is 0.288 e. The third-order valence-electron chi connectivity index (χ3n) is 7.15. The van der Waals surface area contributed by atoms with Crippen LogP contribution in [-0.2, 0) is 28.8 Å². The Hall–Kier alpha value is -1.86. The number of nitrogens with zero attached hydrogens (tertiary/aromatic N) is 2. The van der Waals surface area contributed by atoms with Crippen molar-refractivity contribution in [3.8, 4) is 0 Å². The van der Waals surface area contributed by atoms with Gasteiger partial charge in [-0.15, -0.1) is 0 Å². The molecule has 1 heterocycles. The van der Waals surface area contributed by atoms with Gasteiger partial charge in [-0.05, 0) is 67.2 Å². The number of hydrogen-bond acceptors (Lipinski definition) is 4. The van der Waals surface area contributed by atoms with E-state index in [2.05, 4.69) is 25.8 Å². The number of ether oxygens (including phenoxy) is 1. The van der Waals surface area contributed by atoms with Crippen LogP contribution in [0, 0.1) is 23.5 Å². The van der Waals surface area contributed by atoms with E-state index in [-0.39, 0.29) is 5.92 Å². The molecule has 3 unspecified atom stereocenters. The fraction of sp³-hybridized carbons (Fsp3) is 0.690. The van der Waals surface area contributed by atoms with Crippen LogP contribution in [0.25, 0.3) is 0 Å². The van der Waals surface area contributed by atoms with Crippen LogP contribution in [0.15, 0.2) is 23.3 Å². The van der Waals surface area contributed by atoms with Crippen molar-refractivity contribution in [3.63, 3.8) is 0 Å². The maximum atomic E-state index is 15.1. The van der Waals surface area contributed by atoms with Crippen molar-refractivity contribution in [3.05, 3.63) is 46.7 Å². The van der Waals surface area contributed by atoms with E-state index in [0.29, 0.717) is 61.7 Å².